The molecule has 0 aliphatic heterocycles. The molecule has 3 aromatic rings. The summed E-state index contributed by atoms with van der Waals surface area (Å²) in [4.78, 5) is 8.49. The quantitative estimate of drug-likeness (QED) is 0.400. The van der Waals surface area contributed by atoms with Crippen molar-refractivity contribution in [3.05, 3.63) is 58.7 Å². The number of alkyl halides is 3. The molecule has 0 atom stereocenters. The van der Waals surface area contributed by atoms with Gasteiger partial charge in [-0.15, -0.1) is 11.3 Å². The molecule has 30 heavy (non-hydrogen) atoms. The van der Waals surface area contributed by atoms with Gasteiger partial charge in [0.05, 0.1) is 17.9 Å². The van der Waals surface area contributed by atoms with E-state index >= 15 is 0 Å². The molecule has 0 saturated carbocycles. The van der Waals surface area contributed by atoms with E-state index in [4.69, 9.17) is 10.5 Å². The molecular formula is C21H23F3N4OS. The number of hydrogen-bond donors (Lipinski definition) is 2. The van der Waals surface area contributed by atoms with Crippen molar-refractivity contribution in [2.75, 3.05) is 17.7 Å². The molecule has 0 amide bonds. The van der Waals surface area contributed by atoms with Crippen molar-refractivity contribution in [3.63, 3.8) is 0 Å². The summed E-state index contributed by atoms with van der Waals surface area (Å²) in [5.41, 5.74) is 6.83. The Labute approximate surface area is 177 Å². The molecule has 0 radical (unpaired) electrons. The fourth-order valence-corrected chi connectivity index (χ4v) is 3.54. The smallest absolute Gasteiger partial charge is 0.420 e. The van der Waals surface area contributed by atoms with Crippen LogP contribution in [0, 0.1) is 0 Å². The highest BCUT2D eigenvalue weighted by Gasteiger charge is 2.34. The van der Waals surface area contributed by atoms with Crippen molar-refractivity contribution in [2.24, 2.45) is 0 Å². The van der Waals surface area contributed by atoms with Gasteiger partial charge in [0.1, 0.15) is 11.6 Å². The fraction of sp³-hybridized carbons (Fsp3) is 0.333. The molecule has 3 N–H and O–H groups in total. The average molecular weight is 437 g/mol. The van der Waals surface area contributed by atoms with Crippen molar-refractivity contribution < 1.29 is 17.9 Å². The van der Waals surface area contributed by atoms with Crippen molar-refractivity contribution in [1.29, 1.82) is 0 Å². The third kappa shape index (κ3) is 6.09. The van der Waals surface area contributed by atoms with Gasteiger partial charge < -0.3 is 15.8 Å². The molecule has 0 aliphatic rings. The number of nitrogen functional groups attached to an aromatic ring is 1. The zero-order valence-electron chi connectivity index (χ0n) is 16.5. The van der Waals surface area contributed by atoms with Crippen LogP contribution in [0.1, 0.15) is 43.0 Å². The summed E-state index contributed by atoms with van der Waals surface area (Å²) in [5, 5.41) is 5.32. The predicted molar refractivity (Wildman–Crippen MR) is 113 cm³/mol. The SMILES string of the molecule is CCCCCOc1ccc(Nc2nc(Cc3ccc(N)nc3)cs2)cc1C(F)(F)F. The van der Waals surface area contributed by atoms with E-state index in [1.165, 1.54) is 17.4 Å². The van der Waals surface area contributed by atoms with Gasteiger partial charge in [-0.25, -0.2) is 9.97 Å². The summed E-state index contributed by atoms with van der Waals surface area (Å²) in [6.45, 7) is 2.29. The lowest BCUT2D eigenvalue weighted by Gasteiger charge is -2.15. The van der Waals surface area contributed by atoms with Gasteiger partial charge in [0.15, 0.2) is 5.13 Å². The van der Waals surface area contributed by atoms with Crippen molar-refractivity contribution in [1.82, 2.24) is 9.97 Å². The fourth-order valence-electron chi connectivity index (χ4n) is 2.81. The van der Waals surface area contributed by atoms with Gasteiger partial charge in [-0.2, -0.15) is 13.2 Å². The lowest BCUT2D eigenvalue weighted by Crippen LogP contribution is -2.10. The third-order valence-electron chi connectivity index (χ3n) is 4.33. The molecule has 5 nitrogen and oxygen atoms in total. The lowest BCUT2D eigenvalue weighted by atomic mass is 10.1. The van der Waals surface area contributed by atoms with Crippen LogP contribution < -0.4 is 15.8 Å². The number of halogens is 3. The Morgan fingerprint density at radius 2 is 2.00 bits per heavy atom. The number of anilines is 3. The van der Waals surface area contributed by atoms with E-state index in [-0.39, 0.29) is 12.4 Å². The average Bonchev–Trinajstić information content (AvgIpc) is 3.14. The summed E-state index contributed by atoms with van der Waals surface area (Å²) in [6.07, 6.45) is 0.344. The first-order chi connectivity index (χ1) is 14.3. The normalized spacial score (nSPS) is 11.5. The molecule has 0 bridgehead atoms. The topological polar surface area (TPSA) is 73.1 Å². The van der Waals surface area contributed by atoms with Crippen molar-refractivity contribution in [3.8, 4) is 5.75 Å². The van der Waals surface area contributed by atoms with Gasteiger partial charge in [0.2, 0.25) is 0 Å². The molecule has 0 aliphatic carbocycles. The van der Waals surface area contributed by atoms with E-state index in [0.29, 0.717) is 23.1 Å². The lowest BCUT2D eigenvalue weighted by molar-refractivity contribution is -0.138. The van der Waals surface area contributed by atoms with E-state index < -0.39 is 11.7 Å². The minimum absolute atomic E-state index is 0.153. The van der Waals surface area contributed by atoms with Gasteiger partial charge in [-0.3, -0.25) is 0 Å². The standard InChI is InChI=1S/C21H23F3N4OS/c1-2-3-4-9-29-18-7-6-15(11-17(18)21(22,23)24)27-20-28-16(13-30-20)10-14-5-8-19(25)26-12-14/h5-8,11-13H,2-4,9-10H2,1H3,(H2,25,26)(H,27,28). The molecule has 2 aromatic heterocycles. The Kier molecular flexibility index (Phi) is 7.15. The largest absolute Gasteiger partial charge is 0.493 e. The van der Waals surface area contributed by atoms with Crippen LogP contribution in [-0.4, -0.2) is 16.6 Å². The second-order valence-electron chi connectivity index (χ2n) is 6.80. The van der Waals surface area contributed by atoms with Gasteiger partial charge >= 0.3 is 6.18 Å². The number of aromatic nitrogens is 2. The zero-order valence-corrected chi connectivity index (χ0v) is 17.3. The minimum atomic E-state index is -4.51. The molecule has 0 saturated heterocycles. The van der Waals surface area contributed by atoms with Crippen LogP contribution in [0.15, 0.2) is 41.9 Å². The third-order valence-corrected chi connectivity index (χ3v) is 5.13. The van der Waals surface area contributed by atoms with E-state index in [9.17, 15) is 13.2 Å². The maximum absolute atomic E-state index is 13.5. The van der Waals surface area contributed by atoms with Crippen LogP contribution in [0.5, 0.6) is 5.75 Å². The Morgan fingerprint density at radius 3 is 2.70 bits per heavy atom. The highest BCUT2D eigenvalue weighted by atomic mass is 32.1. The first-order valence-electron chi connectivity index (χ1n) is 9.61. The van der Waals surface area contributed by atoms with Crippen LogP contribution in [0.2, 0.25) is 0 Å². The van der Waals surface area contributed by atoms with Gasteiger partial charge in [0, 0.05) is 23.7 Å². The van der Waals surface area contributed by atoms with Gasteiger partial charge in [-0.1, -0.05) is 25.8 Å². The van der Waals surface area contributed by atoms with Crippen LogP contribution in [0.4, 0.5) is 29.8 Å². The molecule has 2 heterocycles. The maximum Gasteiger partial charge on any atom is 0.420 e. The number of nitrogens with one attached hydrogen (secondary N) is 1. The summed E-state index contributed by atoms with van der Waals surface area (Å²) in [6, 6.07) is 7.55. The molecule has 3 rings (SSSR count). The number of rotatable bonds is 9. The number of benzene rings is 1. The second-order valence-corrected chi connectivity index (χ2v) is 7.66. The number of thiazole rings is 1. The van der Waals surface area contributed by atoms with Gasteiger partial charge in [0.25, 0.3) is 0 Å². The molecular weight excluding hydrogens is 413 g/mol. The predicted octanol–water partition coefficient (Wildman–Crippen LogP) is 6.04. The molecule has 0 spiro atoms. The zero-order chi connectivity index (χ0) is 21.6. The number of unbranched alkanes of at least 4 members (excludes halogenated alkanes) is 2. The maximum atomic E-state index is 13.5. The Hall–Kier alpha value is -2.81. The number of nitrogens with two attached hydrogens (primary N) is 1. The molecule has 0 fully saturated rings. The van der Waals surface area contributed by atoms with Crippen LogP contribution in [0.3, 0.4) is 0 Å². The first-order valence-corrected chi connectivity index (χ1v) is 10.5. The summed E-state index contributed by atoms with van der Waals surface area (Å²) >= 11 is 1.32. The van der Waals surface area contributed by atoms with Crippen LogP contribution in [-0.2, 0) is 12.6 Å². The summed E-state index contributed by atoms with van der Waals surface area (Å²) in [7, 11) is 0. The summed E-state index contributed by atoms with van der Waals surface area (Å²) < 4.78 is 45.8. The van der Waals surface area contributed by atoms with E-state index in [2.05, 4.69) is 15.3 Å². The number of ether oxygens (including phenoxy) is 1. The first kappa shape index (κ1) is 21.9. The van der Waals surface area contributed by atoms with E-state index in [0.717, 1.165) is 36.6 Å². The van der Waals surface area contributed by atoms with Gasteiger partial charge in [-0.05, 0) is 36.2 Å². The number of hydrogen-bond acceptors (Lipinski definition) is 6. The van der Waals surface area contributed by atoms with E-state index in [1.807, 2.05) is 18.4 Å². The van der Waals surface area contributed by atoms with Crippen molar-refractivity contribution >= 4 is 28.0 Å². The van der Waals surface area contributed by atoms with E-state index in [1.54, 1.807) is 18.3 Å². The van der Waals surface area contributed by atoms with Crippen LogP contribution >= 0.6 is 11.3 Å². The Balaban J connectivity index is 1.70. The minimum Gasteiger partial charge on any atom is -0.493 e. The molecule has 9 heteroatoms. The Bertz CT molecular complexity index is 958. The second kappa shape index (κ2) is 9.80. The highest BCUT2D eigenvalue weighted by molar-refractivity contribution is 7.13. The number of pyridine rings is 1. The highest BCUT2D eigenvalue weighted by Crippen LogP contribution is 2.38. The molecule has 160 valence electrons. The Morgan fingerprint density at radius 1 is 1.17 bits per heavy atom. The molecule has 1 aromatic carbocycles. The number of nitrogens with zero attached hydrogens (tertiary/aromatic N) is 2. The van der Waals surface area contributed by atoms with Crippen molar-refractivity contribution in [2.45, 2.75) is 38.8 Å². The monoisotopic (exact) mass is 436 g/mol. The molecule has 0 unspecified atom stereocenters. The van der Waals surface area contributed by atoms with Crippen LogP contribution in [0.25, 0.3) is 0 Å². The summed E-state index contributed by atoms with van der Waals surface area (Å²) in [5.74, 6) is 0.289.